The summed E-state index contributed by atoms with van der Waals surface area (Å²) in [5, 5.41) is 2.72. The molecule has 0 aliphatic rings. The molecular weight excluding hydrogens is 512 g/mol. The van der Waals surface area contributed by atoms with Gasteiger partial charge < -0.3 is 57.0 Å². The number of nitrogens with zero attached hydrogens (tertiary/aromatic N) is 3. The summed E-state index contributed by atoms with van der Waals surface area (Å²) in [7, 11) is 8.87. The summed E-state index contributed by atoms with van der Waals surface area (Å²) in [6.07, 6.45) is 2.16. The topological polar surface area (TPSA) is 8.81 Å². The molecule has 3 rings (SSSR count). The lowest BCUT2D eigenvalue weighted by Gasteiger charge is -2.24. The molecule has 23 heavy (non-hydrogen) atoms. The van der Waals surface area contributed by atoms with Crippen molar-refractivity contribution in [3.8, 4) is 0 Å². The van der Waals surface area contributed by atoms with Crippen LogP contribution >= 0.6 is 0 Å². The van der Waals surface area contributed by atoms with Gasteiger partial charge in [-0.15, -0.1) is 0 Å². The van der Waals surface area contributed by atoms with E-state index in [1.54, 1.807) is 0 Å². The Labute approximate surface area is 172 Å². The van der Waals surface area contributed by atoms with Crippen molar-refractivity contribution in [3.63, 3.8) is 0 Å². The Balaban J connectivity index is 0.00000132. The average Bonchev–Trinajstić information content (AvgIpc) is 2.74. The standard InChI is InChI=1S/C18H25N3.2HI/c1-14-18-16(10-11-19(14)2)15-8-6-7-9-17(15)20(18)12-13-21(3,4)5;;/h6-11H,12-13H2,1-5H3;2*1H/q+2;;/p-2. The molecule has 0 spiro atoms. The molecule has 126 valence electrons. The van der Waals surface area contributed by atoms with E-state index in [2.05, 4.69) is 80.8 Å². The molecule has 2 aromatic heterocycles. The summed E-state index contributed by atoms with van der Waals surface area (Å²) in [5.74, 6) is 0. The van der Waals surface area contributed by atoms with Crippen molar-refractivity contribution < 1.29 is 57.0 Å². The lowest BCUT2D eigenvalue weighted by molar-refractivity contribution is -0.870. The molecule has 0 unspecified atom stereocenters. The van der Waals surface area contributed by atoms with E-state index in [0.29, 0.717) is 0 Å². The molecule has 2 heterocycles. The van der Waals surface area contributed by atoms with Crippen molar-refractivity contribution >= 4 is 21.8 Å². The molecule has 0 N–H and O–H groups in total. The first-order chi connectivity index (χ1) is 9.88. The molecule has 0 bridgehead atoms. The van der Waals surface area contributed by atoms with Gasteiger partial charge in [0.1, 0.15) is 12.6 Å². The second-order valence-electron chi connectivity index (χ2n) is 6.96. The van der Waals surface area contributed by atoms with Crippen molar-refractivity contribution in [2.24, 2.45) is 7.05 Å². The van der Waals surface area contributed by atoms with Gasteiger partial charge in [-0.25, -0.2) is 4.57 Å². The Hall–Kier alpha value is -0.410. The Morgan fingerprint density at radius 1 is 1.00 bits per heavy atom. The number of quaternary nitrogens is 1. The van der Waals surface area contributed by atoms with Crippen LogP contribution in [-0.2, 0) is 13.6 Å². The van der Waals surface area contributed by atoms with Crippen molar-refractivity contribution in [1.29, 1.82) is 0 Å². The molecule has 0 aliphatic heterocycles. The number of benzene rings is 1. The van der Waals surface area contributed by atoms with Gasteiger partial charge >= 0.3 is 0 Å². The molecule has 1 aromatic carbocycles. The van der Waals surface area contributed by atoms with Gasteiger partial charge in [-0.3, -0.25) is 0 Å². The number of pyridine rings is 1. The molecule has 0 fully saturated rings. The molecular formula is C18H25I2N3. The molecule has 5 heteroatoms. The van der Waals surface area contributed by atoms with Gasteiger partial charge in [0.05, 0.1) is 34.2 Å². The summed E-state index contributed by atoms with van der Waals surface area (Å²) in [4.78, 5) is 0. The average molecular weight is 537 g/mol. The molecule has 0 atom stereocenters. The minimum absolute atomic E-state index is 0. The predicted molar refractivity (Wildman–Crippen MR) is 88.3 cm³/mol. The van der Waals surface area contributed by atoms with E-state index in [-0.39, 0.29) is 48.0 Å². The number of hydrogen-bond donors (Lipinski definition) is 0. The fourth-order valence-electron chi connectivity index (χ4n) is 2.99. The van der Waals surface area contributed by atoms with E-state index in [4.69, 9.17) is 0 Å². The first-order valence-electron chi connectivity index (χ1n) is 7.55. The summed E-state index contributed by atoms with van der Waals surface area (Å²) in [6, 6.07) is 11.0. The fraction of sp³-hybridized carbons (Fsp3) is 0.389. The summed E-state index contributed by atoms with van der Waals surface area (Å²) < 4.78 is 5.68. The maximum Gasteiger partial charge on any atom is 0.202 e. The summed E-state index contributed by atoms with van der Waals surface area (Å²) in [6.45, 7) is 4.37. The van der Waals surface area contributed by atoms with Gasteiger partial charge in [-0.2, -0.15) is 0 Å². The van der Waals surface area contributed by atoms with E-state index in [1.807, 2.05) is 0 Å². The van der Waals surface area contributed by atoms with E-state index in [1.165, 1.54) is 27.5 Å². The van der Waals surface area contributed by atoms with Crippen LogP contribution in [0, 0.1) is 6.92 Å². The minimum atomic E-state index is 0. The third-order valence-corrected chi connectivity index (χ3v) is 4.34. The van der Waals surface area contributed by atoms with Crippen LogP contribution in [0.3, 0.4) is 0 Å². The van der Waals surface area contributed by atoms with Crippen LogP contribution in [0.15, 0.2) is 36.5 Å². The Morgan fingerprint density at radius 3 is 2.30 bits per heavy atom. The number of likely N-dealkylation sites (N-methyl/N-ethyl adjacent to an activating group) is 1. The largest absolute Gasteiger partial charge is 1.00 e. The van der Waals surface area contributed by atoms with Gasteiger partial charge in [0.2, 0.25) is 5.69 Å². The Kier molecular flexibility index (Phi) is 6.86. The highest BCUT2D eigenvalue weighted by Crippen LogP contribution is 2.29. The molecule has 0 aliphatic carbocycles. The van der Waals surface area contributed by atoms with E-state index >= 15 is 0 Å². The smallest absolute Gasteiger partial charge is 0.202 e. The van der Waals surface area contributed by atoms with Crippen LogP contribution in [-0.4, -0.2) is 36.7 Å². The van der Waals surface area contributed by atoms with E-state index in [0.717, 1.165) is 17.6 Å². The van der Waals surface area contributed by atoms with Crippen LogP contribution in [0.2, 0.25) is 0 Å². The van der Waals surface area contributed by atoms with Gasteiger partial charge in [0.15, 0.2) is 6.20 Å². The quantitative estimate of drug-likeness (QED) is 0.188. The first kappa shape index (κ1) is 20.6. The van der Waals surface area contributed by atoms with Gasteiger partial charge in [0, 0.05) is 29.3 Å². The molecule has 0 saturated carbocycles. The molecule has 0 radical (unpaired) electrons. The predicted octanol–water partition coefficient (Wildman–Crippen LogP) is -3.36. The zero-order chi connectivity index (χ0) is 15.2. The Morgan fingerprint density at radius 2 is 1.65 bits per heavy atom. The van der Waals surface area contributed by atoms with Gasteiger partial charge in [0.25, 0.3) is 0 Å². The maximum absolute atomic E-state index is 2.49. The highest BCUT2D eigenvalue weighted by molar-refractivity contribution is 6.08. The number of aryl methyl sites for hydroxylation is 2. The zero-order valence-corrected chi connectivity index (χ0v) is 18.8. The van der Waals surface area contributed by atoms with Crippen molar-refractivity contribution in [2.45, 2.75) is 13.5 Å². The van der Waals surface area contributed by atoms with E-state index < -0.39 is 0 Å². The number of aromatic nitrogens is 2. The third kappa shape index (κ3) is 3.99. The second-order valence-corrected chi connectivity index (χ2v) is 6.96. The number of para-hydroxylation sites is 1. The minimum Gasteiger partial charge on any atom is -1.00 e. The molecule has 3 aromatic rings. The zero-order valence-electron chi connectivity index (χ0n) is 14.5. The number of fused-ring (bicyclic) bond motifs is 3. The number of halogens is 2. The van der Waals surface area contributed by atoms with Gasteiger partial charge in [-0.05, 0) is 6.07 Å². The highest BCUT2D eigenvalue weighted by atomic mass is 127. The Bertz CT molecular complexity index is 816. The third-order valence-electron chi connectivity index (χ3n) is 4.34. The summed E-state index contributed by atoms with van der Waals surface area (Å²) >= 11 is 0. The highest BCUT2D eigenvalue weighted by Gasteiger charge is 2.18. The number of rotatable bonds is 3. The van der Waals surface area contributed by atoms with Crippen LogP contribution in [0.1, 0.15) is 5.69 Å². The monoisotopic (exact) mass is 537 g/mol. The molecule has 0 amide bonds. The maximum atomic E-state index is 2.49. The SMILES string of the molecule is Cc1c2c(cc[n+]1C)c1ccccc1n2CC[N+](C)(C)C.[I-].[I-]. The summed E-state index contributed by atoms with van der Waals surface area (Å²) in [5.41, 5.74) is 4.04. The van der Waals surface area contributed by atoms with E-state index in [9.17, 15) is 0 Å². The van der Waals surface area contributed by atoms with Gasteiger partial charge in [-0.1, -0.05) is 18.2 Å². The first-order valence-corrected chi connectivity index (χ1v) is 7.55. The van der Waals surface area contributed by atoms with Crippen molar-refractivity contribution in [1.82, 2.24) is 4.57 Å². The molecule has 3 nitrogen and oxygen atoms in total. The van der Waals surface area contributed by atoms with Crippen LogP contribution in [0.25, 0.3) is 21.8 Å². The normalized spacial score (nSPS) is 11.3. The van der Waals surface area contributed by atoms with Crippen LogP contribution < -0.4 is 52.5 Å². The lowest BCUT2D eigenvalue weighted by Crippen LogP contribution is -3.00. The van der Waals surface area contributed by atoms with Crippen molar-refractivity contribution in [2.75, 3.05) is 27.7 Å². The lowest BCUT2D eigenvalue weighted by atomic mass is 10.2. The van der Waals surface area contributed by atoms with Crippen molar-refractivity contribution in [3.05, 3.63) is 42.2 Å². The number of hydrogen-bond acceptors (Lipinski definition) is 0. The van der Waals surface area contributed by atoms with Crippen LogP contribution in [0.5, 0.6) is 0 Å². The van der Waals surface area contributed by atoms with Crippen LogP contribution in [0.4, 0.5) is 0 Å². The second kappa shape index (κ2) is 7.65. The molecule has 0 saturated heterocycles. The fourth-order valence-corrected chi connectivity index (χ4v) is 2.99.